The quantitative estimate of drug-likeness (QED) is 0.664. The first-order valence-electron chi connectivity index (χ1n) is 9.56. The van der Waals surface area contributed by atoms with Gasteiger partial charge in [-0.05, 0) is 49.4 Å². The van der Waals surface area contributed by atoms with E-state index in [1.807, 2.05) is 54.0 Å². The van der Waals surface area contributed by atoms with E-state index in [9.17, 15) is 8.42 Å². The number of para-hydroxylation sites is 1. The van der Waals surface area contributed by atoms with Gasteiger partial charge in [0.1, 0.15) is 12.2 Å². The van der Waals surface area contributed by atoms with Gasteiger partial charge in [-0.25, -0.2) is 8.42 Å². The normalized spacial score (nSPS) is 16.3. The van der Waals surface area contributed by atoms with Gasteiger partial charge in [0.25, 0.3) is 0 Å². The van der Waals surface area contributed by atoms with Crippen LogP contribution in [-0.2, 0) is 16.4 Å². The highest BCUT2D eigenvalue weighted by molar-refractivity contribution is 7.89. The topological polar surface area (TPSA) is 68.1 Å². The number of hydrogen-bond donors (Lipinski definition) is 0. The van der Waals surface area contributed by atoms with E-state index in [1.54, 1.807) is 22.8 Å². The van der Waals surface area contributed by atoms with Crippen LogP contribution in [0.3, 0.4) is 0 Å². The summed E-state index contributed by atoms with van der Waals surface area (Å²) in [5, 5.41) is 8.37. The minimum absolute atomic E-state index is 0.398. The largest absolute Gasteiger partial charge is 0.286 e. The van der Waals surface area contributed by atoms with Gasteiger partial charge in [0.15, 0.2) is 0 Å². The summed E-state index contributed by atoms with van der Waals surface area (Å²) in [5.41, 5.74) is 1.84. The van der Waals surface area contributed by atoms with Crippen LogP contribution in [0.5, 0.6) is 0 Å². The van der Waals surface area contributed by atoms with E-state index in [4.69, 9.17) is 0 Å². The molecule has 0 N–H and O–H groups in total. The lowest BCUT2D eigenvalue weighted by molar-refractivity contribution is 0.269. The highest BCUT2D eigenvalue weighted by Crippen LogP contribution is 2.27. The molecule has 3 aromatic rings. The van der Waals surface area contributed by atoms with E-state index in [-0.39, 0.29) is 0 Å². The summed E-state index contributed by atoms with van der Waals surface area (Å²) in [4.78, 5) is 0.414. The molecule has 0 radical (unpaired) electrons. The van der Waals surface area contributed by atoms with Crippen LogP contribution in [0.1, 0.15) is 24.2 Å². The molecule has 6 nitrogen and oxygen atoms in total. The van der Waals surface area contributed by atoms with Gasteiger partial charge in [-0.2, -0.15) is 4.31 Å². The Balaban J connectivity index is 1.43. The fourth-order valence-electron chi connectivity index (χ4n) is 3.80. The van der Waals surface area contributed by atoms with E-state index in [0.717, 1.165) is 36.3 Å². The Bertz CT molecular complexity index is 1040. The van der Waals surface area contributed by atoms with Crippen LogP contribution in [-0.4, -0.2) is 40.6 Å². The average molecular weight is 397 g/mol. The first-order chi connectivity index (χ1) is 13.6. The van der Waals surface area contributed by atoms with E-state index in [0.29, 0.717) is 23.9 Å². The van der Waals surface area contributed by atoms with Gasteiger partial charge in [-0.15, -0.1) is 10.2 Å². The molecule has 0 atom stereocenters. The van der Waals surface area contributed by atoms with Crippen molar-refractivity contribution in [3.05, 3.63) is 72.3 Å². The van der Waals surface area contributed by atoms with Crippen LogP contribution in [0.15, 0.2) is 65.8 Å². The number of benzene rings is 2. The second-order valence-electron chi connectivity index (χ2n) is 7.27. The lowest BCUT2D eigenvalue weighted by Gasteiger charge is -2.31. The molecule has 0 saturated carbocycles. The van der Waals surface area contributed by atoms with Crippen molar-refractivity contribution in [3.8, 4) is 5.69 Å². The fraction of sp³-hybridized carbons (Fsp3) is 0.333. The van der Waals surface area contributed by atoms with Crippen molar-refractivity contribution in [3.63, 3.8) is 0 Å². The summed E-state index contributed by atoms with van der Waals surface area (Å²) in [6.07, 6.45) is 4.19. The predicted molar refractivity (Wildman–Crippen MR) is 108 cm³/mol. The lowest BCUT2D eigenvalue weighted by atomic mass is 9.94. The van der Waals surface area contributed by atoms with Crippen molar-refractivity contribution >= 4 is 10.0 Å². The molecule has 4 rings (SSSR count). The van der Waals surface area contributed by atoms with Gasteiger partial charge in [0.05, 0.1) is 4.90 Å². The number of rotatable bonds is 5. The van der Waals surface area contributed by atoms with Crippen molar-refractivity contribution in [2.75, 3.05) is 13.1 Å². The zero-order chi connectivity index (χ0) is 19.6. The average Bonchev–Trinajstić information content (AvgIpc) is 3.17. The maximum Gasteiger partial charge on any atom is 0.243 e. The first kappa shape index (κ1) is 18.8. The van der Waals surface area contributed by atoms with Gasteiger partial charge >= 0.3 is 0 Å². The van der Waals surface area contributed by atoms with Crippen molar-refractivity contribution in [1.82, 2.24) is 19.1 Å². The molecule has 1 aliphatic rings. The Kier molecular flexibility index (Phi) is 5.28. The molecule has 1 fully saturated rings. The molecule has 0 spiro atoms. The number of aryl methyl sites for hydroxylation is 1. The highest BCUT2D eigenvalue weighted by atomic mass is 32.2. The Morgan fingerprint density at radius 1 is 1.00 bits per heavy atom. The van der Waals surface area contributed by atoms with Crippen LogP contribution in [0.25, 0.3) is 5.69 Å². The van der Waals surface area contributed by atoms with E-state index >= 15 is 0 Å². The molecule has 7 heteroatoms. The van der Waals surface area contributed by atoms with Crippen LogP contribution in [0.4, 0.5) is 0 Å². The first-order valence-corrected chi connectivity index (χ1v) is 11.0. The Hall–Kier alpha value is -2.51. The third kappa shape index (κ3) is 3.72. The van der Waals surface area contributed by atoms with Crippen LogP contribution >= 0.6 is 0 Å². The van der Waals surface area contributed by atoms with E-state index in [1.165, 1.54) is 0 Å². The molecule has 2 aromatic carbocycles. The third-order valence-corrected chi connectivity index (χ3v) is 7.47. The minimum atomic E-state index is -3.43. The second-order valence-corrected chi connectivity index (χ2v) is 9.18. The molecule has 2 heterocycles. The summed E-state index contributed by atoms with van der Waals surface area (Å²) in [5.74, 6) is 1.32. The lowest BCUT2D eigenvalue weighted by Crippen LogP contribution is -2.39. The molecule has 28 heavy (non-hydrogen) atoms. The smallest absolute Gasteiger partial charge is 0.243 e. The Morgan fingerprint density at radius 2 is 1.68 bits per heavy atom. The van der Waals surface area contributed by atoms with Crippen LogP contribution in [0, 0.1) is 12.8 Å². The maximum atomic E-state index is 13.0. The molecule has 0 unspecified atom stereocenters. The van der Waals surface area contributed by atoms with Gasteiger partial charge in [-0.1, -0.05) is 36.4 Å². The molecule has 1 aliphatic heterocycles. The fourth-order valence-corrected chi connectivity index (χ4v) is 5.49. The van der Waals surface area contributed by atoms with E-state index in [2.05, 4.69) is 10.2 Å². The van der Waals surface area contributed by atoms with Crippen LogP contribution in [0.2, 0.25) is 0 Å². The third-order valence-electron chi connectivity index (χ3n) is 5.41. The minimum Gasteiger partial charge on any atom is -0.286 e. The summed E-state index contributed by atoms with van der Waals surface area (Å²) in [6.45, 7) is 2.93. The van der Waals surface area contributed by atoms with Gasteiger partial charge < -0.3 is 0 Å². The number of piperidine rings is 1. The highest BCUT2D eigenvalue weighted by Gasteiger charge is 2.30. The molecule has 0 aliphatic carbocycles. The summed E-state index contributed by atoms with van der Waals surface area (Å²) in [6, 6.07) is 17.2. The number of sulfonamides is 1. The molecule has 1 aromatic heterocycles. The van der Waals surface area contributed by atoms with Gasteiger partial charge in [-0.3, -0.25) is 4.57 Å². The second kappa shape index (κ2) is 7.85. The molecule has 1 saturated heterocycles. The Morgan fingerprint density at radius 3 is 2.39 bits per heavy atom. The monoisotopic (exact) mass is 396 g/mol. The van der Waals surface area contributed by atoms with Gasteiger partial charge in [0, 0.05) is 25.2 Å². The predicted octanol–water partition coefficient (Wildman–Crippen LogP) is 3.22. The van der Waals surface area contributed by atoms with Crippen molar-refractivity contribution < 1.29 is 8.42 Å². The molecular formula is C21H24N4O2S. The molecule has 0 amide bonds. The van der Waals surface area contributed by atoms with Crippen molar-refractivity contribution in [2.24, 2.45) is 5.92 Å². The maximum absolute atomic E-state index is 13.0. The molecular weight excluding hydrogens is 372 g/mol. The number of hydrogen-bond acceptors (Lipinski definition) is 4. The Labute approximate surface area is 165 Å². The number of aromatic nitrogens is 3. The van der Waals surface area contributed by atoms with Crippen molar-refractivity contribution in [2.45, 2.75) is 31.1 Å². The summed E-state index contributed by atoms with van der Waals surface area (Å²) in [7, 11) is -3.43. The SMILES string of the molecule is Cc1ccccc1S(=O)(=O)N1CCC(Cc2nncn2-c2ccccc2)CC1. The molecule has 146 valence electrons. The van der Waals surface area contributed by atoms with Crippen molar-refractivity contribution in [1.29, 1.82) is 0 Å². The van der Waals surface area contributed by atoms with E-state index < -0.39 is 10.0 Å². The van der Waals surface area contributed by atoms with Gasteiger partial charge in [0.2, 0.25) is 10.0 Å². The standard InChI is InChI=1S/C21H24N4O2S/c1-17-7-5-6-10-20(17)28(26,27)24-13-11-18(12-14-24)15-21-23-22-16-25(21)19-8-3-2-4-9-19/h2-10,16,18H,11-15H2,1H3. The summed E-state index contributed by atoms with van der Waals surface area (Å²) >= 11 is 0. The van der Waals surface area contributed by atoms with Crippen LogP contribution < -0.4 is 0 Å². The zero-order valence-corrected chi connectivity index (χ0v) is 16.7. The molecule has 0 bridgehead atoms. The number of nitrogens with zero attached hydrogens (tertiary/aromatic N) is 4. The zero-order valence-electron chi connectivity index (χ0n) is 15.9. The summed E-state index contributed by atoms with van der Waals surface area (Å²) < 4.78 is 29.6.